The minimum atomic E-state index is -1.01. The topological polar surface area (TPSA) is 84.3 Å². The van der Waals surface area contributed by atoms with Gasteiger partial charge in [0.15, 0.2) is 0 Å². The van der Waals surface area contributed by atoms with Gasteiger partial charge in [0.2, 0.25) is 0 Å². The first kappa shape index (κ1) is 13.4. The Morgan fingerprint density at radius 1 is 1.53 bits per heavy atom. The van der Waals surface area contributed by atoms with Crippen molar-refractivity contribution < 1.29 is 14.6 Å². The van der Waals surface area contributed by atoms with Crippen LogP contribution in [0.2, 0.25) is 0 Å². The van der Waals surface area contributed by atoms with Gasteiger partial charge >= 0.3 is 11.7 Å². The van der Waals surface area contributed by atoms with Crippen molar-refractivity contribution in [2.24, 2.45) is 0 Å². The molecule has 0 saturated heterocycles. The molecule has 0 aliphatic carbocycles. The third-order valence-electron chi connectivity index (χ3n) is 2.97. The number of hydrogen-bond donors (Lipinski definition) is 2. The second-order valence-corrected chi connectivity index (χ2v) is 4.35. The lowest BCUT2D eigenvalue weighted by molar-refractivity contribution is 0.0697. The first-order valence-electron chi connectivity index (χ1n) is 6.10. The van der Waals surface area contributed by atoms with E-state index in [-0.39, 0.29) is 17.3 Å². The molecule has 0 radical (unpaired) electrons. The molecule has 2 N–H and O–H groups in total. The van der Waals surface area contributed by atoms with Crippen molar-refractivity contribution in [2.45, 2.75) is 19.9 Å². The number of carbonyl (C=O) groups is 1. The second kappa shape index (κ2) is 5.27. The Hall–Kier alpha value is -2.08. The van der Waals surface area contributed by atoms with Crippen LogP contribution in [0.25, 0.3) is 11.0 Å². The highest BCUT2D eigenvalue weighted by molar-refractivity contribution is 5.92. The molecule has 0 bridgehead atoms. The van der Waals surface area contributed by atoms with E-state index in [1.807, 2.05) is 13.8 Å². The third-order valence-corrected chi connectivity index (χ3v) is 2.97. The quantitative estimate of drug-likeness (QED) is 0.859. The summed E-state index contributed by atoms with van der Waals surface area (Å²) >= 11 is 0. The molecule has 0 fully saturated rings. The van der Waals surface area contributed by atoms with Gasteiger partial charge in [-0.25, -0.2) is 9.59 Å². The minimum Gasteiger partial charge on any atom is -0.478 e. The van der Waals surface area contributed by atoms with Crippen LogP contribution >= 0.6 is 0 Å². The number of rotatable bonds is 5. The van der Waals surface area contributed by atoms with E-state index in [0.29, 0.717) is 24.2 Å². The molecule has 1 heterocycles. The molecule has 0 saturated carbocycles. The maximum atomic E-state index is 11.9. The maximum Gasteiger partial charge on any atom is 0.335 e. The highest BCUT2D eigenvalue weighted by Gasteiger charge is 2.14. The fourth-order valence-corrected chi connectivity index (χ4v) is 2.06. The monoisotopic (exact) mass is 264 g/mol. The number of hydrogen-bond acceptors (Lipinski definition) is 3. The number of carboxylic acids is 1. The van der Waals surface area contributed by atoms with E-state index in [9.17, 15) is 9.59 Å². The zero-order chi connectivity index (χ0) is 14.0. The Bertz CT molecular complexity index is 656. The lowest BCUT2D eigenvalue weighted by atomic mass is 10.2. The number of fused-ring (bicyclic) bond motifs is 1. The number of ether oxygens (including phenoxy) is 1. The summed E-state index contributed by atoms with van der Waals surface area (Å²) in [5, 5.41) is 9.00. The van der Waals surface area contributed by atoms with Gasteiger partial charge in [-0.05, 0) is 32.0 Å². The van der Waals surface area contributed by atoms with Crippen LogP contribution in [0.15, 0.2) is 23.0 Å². The van der Waals surface area contributed by atoms with E-state index in [4.69, 9.17) is 9.84 Å². The number of benzene rings is 1. The molecule has 0 spiro atoms. The third kappa shape index (κ3) is 2.53. The molecule has 6 nitrogen and oxygen atoms in total. The van der Waals surface area contributed by atoms with Crippen LogP contribution in [0.1, 0.15) is 30.2 Å². The molecule has 0 aliphatic heterocycles. The van der Waals surface area contributed by atoms with E-state index in [2.05, 4.69) is 4.98 Å². The SMILES string of the molecule is CCOCC(C)n1c(=O)[nH]c2ccc(C(=O)O)cc21. The number of carboxylic acid groups (broad SMARTS) is 1. The van der Waals surface area contributed by atoms with Gasteiger partial charge in [-0.3, -0.25) is 4.57 Å². The lowest BCUT2D eigenvalue weighted by Crippen LogP contribution is -2.23. The molecule has 102 valence electrons. The van der Waals surface area contributed by atoms with Crippen LogP contribution < -0.4 is 5.69 Å². The second-order valence-electron chi connectivity index (χ2n) is 4.35. The Morgan fingerprint density at radius 2 is 2.26 bits per heavy atom. The molecule has 2 rings (SSSR count). The summed E-state index contributed by atoms with van der Waals surface area (Å²) in [6, 6.07) is 4.41. The van der Waals surface area contributed by atoms with Gasteiger partial charge in [-0.15, -0.1) is 0 Å². The summed E-state index contributed by atoms with van der Waals surface area (Å²) in [5.41, 5.74) is 1.10. The van der Waals surface area contributed by atoms with Crippen molar-refractivity contribution in [3.8, 4) is 0 Å². The molecule has 19 heavy (non-hydrogen) atoms. The summed E-state index contributed by atoms with van der Waals surface area (Å²) in [5.74, 6) is -1.01. The van der Waals surface area contributed by atoms with E-state index >= 15 is 0 Å². The summed E-state index contributed by atoms with van der Waals surface area (Å²) in [6.45, 7) is 4.72. The number of nitrogens with one attached hydrogen (secondary N) is 1. The Kier molecular flexibility index (Phi) is 3.71. The highest BCUT2D eigenvalue weighted by atomic mass is 16.5. The first-order chi connectivity index (χ1) is 9.04. The van der Waals surface area contributed by atoms with Gasteiger partial charge < -0.3 is 14.8 Å². The standard InChI is InChI=1S/C13H16N2O4/c1-3-19-7-8(2)15-11-6-9(12(16)17)4-5-10(11)14-13(15)18/h4-6,8H,3,7H2,1-2H3,(H,14,18)(H,16,17). The molecule has 6 heteroatoms. The highest BCUT2D eigenvalue weighted by Crippen LogP contribution is 2.17. The van der Waals surface area contributed by atoms with Crippen molar-refractivity contribution in [2.75, 3.05) is 13.2 Å². The average molecular weight is 264 g/mol. The van der Waals surface area contributed by atoms with Crippen LogP contribution in [-0.2, 0) is 4.74 Å². The summed E-state index contributed by atoms with van der Waals surface area (Å²) in [4.78, 5) is 25.6. The summed E-state index contributed by atoms with van der Waals surface area (Å²) < 4.78 is 6.84. The smallest absolute Gasteiger partial charge is 0.335 e. The van der Waals surface area contributed by atoms with Crippen LogP contribution in [-0.4, -0.2) is 33.8 Å². The molecule has 0 amide bonds. The predicted molar refractivity (Wildman–Crippen MR) is 70.7 cm³/mol. The van der Waals surface area contributed by atoms with Crippen molar-refractivity contribution in [1.82, 2.24) is 9.55 Å². The van der Waals surface area contributed by atoms with Gasteiger partial charge in [0.25, 0.3) is 0 Å². The molecule has 2 aromatic rings. The number of aromatic amines is 1. The largest absolute Gasteiger partial charge is 0.478 e. The van der Waals surface area contributed by atoms with Crippen molar-refractivity contribution >= 4 is 17.0 Å². The van der Waals surface area contributed by atoms with Crippen LogP contribution in [0.4, 0.5) is 0 Å². The van der Waals surface area contributed by atoms with E-state index < -0.39 is 5.97 Å². The fraction of sp³-hybridized carbons (Fsp3) is 0.385. The van der Waals surface area contributed by atoms with Gasteiger partial charge in [0.1, 0.15) is 0 Å². The van der Waals surface area contributed by atoms with Crippen LogP contribution in [0.5, 0.6) is 0 Å². The van der Waals surface area contributed by atoms with Crippen molar-refractivity contribution in [3.05, 3.63) is 34.2 Å². The Morgan fingerprint density at radius 3 is 2.89 bits per heavy atom. The van der Waals surface area contributed by atoms with Gasteiger partial charge in [-0.1, -0.05) is 0 Å². The number of aromatic nitrogens is 2. The molecule has 1 aromatic heterocycles. The van der Waals surface area contributed by atoms with Gasteiger partial charge in [-0.2, -0.15) is 0 Å². The van der Waals surface area contributed by atoms with Crippen LogP contribution in [0, 0.1) is 0 Å². The minimum absolute atomic E-state index is 0.156. The summed E-state index contributed by atoms with van der Waals surface area (Å²) in [6.07, 6.45) is 0. The van der Waals surface area contributed by atoms with Crippen molar-refractivity contribution in [1.29, 1.82) is 0 Å². The van der Waals surface area contributed by atoms with Crippen molar-refractivity contribution in [3.63, 3.8) is 0 Å². The molecule has 1 aromatic carbocycles. The average Bonchev–Trinajstić information content (AvgIpc) is 2.70. The molecule has 1 unspecified atom stereocenters. The zero-order valence-electron chi connectivity index (χ0n) is 10.8. The number of H-pyrrole nitrogens is 1. The Balaban J connectivity index is 2.52. The van der Waals surface area contributed by atoms with Gasteiger partial charge in [0, 0.05) is 6.61 Å². The zero-order valence-corrected chi connectivity index (χ0v) is 10.8. The fourth-order valence-electron chi connectivity index (χ4n) is 2.06. The van der Waals surface area contributed by atoms with E-state index in [1.165, 1.54) is 16.7 Å². The predicted octanol–water partition coefficient (Wildman–Crippen LogP) is 1.63. The number of imidazole rings is 1. The van der Waals surface area contributed by atoms with Crippen LogP contribution in [0.3, 0.4) is 0 Å². The lowest BCUT2D eigenvalue weighted by Gasteiger charge is -2.13. The first-order valence-corrected chi connectivity index (χ1v) is 6.10. The molecular formula is C13H16N2O4. The Labute approximate surface area is 109 Å². The normalized spacial score (nSPS) is 12.7. The number of nitrogens with zero attached hydrogens (tertiary/aromatic N) is 1. The molecular weight excluding hydrogens is 248 g/mol. The molecule has 1 atom stereocenters. The maximum absolute atomic E-state index is 11.9. The summed E-state index contributed by atoms with van der Waals surface area (Å²) in [7, 11) is 0. The van der Waals surface area contributed by atoms with E-state index in [0.717, 1.165) is 0 Å². The van der Waals surface area contributed by atoms with E-state index in [1.54, 1.807) is 6.07 Å². The molecule has 0 aliphatic rings. The van der Waals surface area contributed by atoms with Gasteiger partial charge in [0.05, 0.1) is 29.2 Å². The number of aromatic carboxylic acids is 1.